The van der Waals surface area contributed by atoms with Gasteiger partial charge in [0.05, 0.1) is 5.56 Å². The fourth-order valence-electron chi connectivity index (χ4n) is 2.14. The average Bonchev–Trinajstić information content (AvgIpc) is 2.47. The minimum Gasteiger partial charge on any atom is -0.457 e. The molecule has 2 nitrogen and oxygen atoms in total. The van der Waals surface area contributed by atoms with Crippen LogP contribution in [0.25, 0.3) is 10.8 Å². The van der Waals surface area contributed by atoms with Crippen molar-refractivity contribution in [2.75, 3.05) is 0 Å². The largest absolute Gasteiger partial charge is 0.457 e. The van der Waals surface area contributed by atoms with Crippen LogP contribution >= 0.6 is 23.8 Å². The first kappa shape index (κ1) is 13.9. The molecule has 0 saturated carbocycles. The minimum atomic E-state index is 0.280. The molecular weight excluding hydrogens is 302 g/mol. The first-order valence-corrected chi connectivity index (χ1v) is 7.18. The molecule has 0 atom stereocenters. The zero-order valence-electron chi connectivity index (χ0n) is 11.0. The van der Waals surface area contributed by atoms with Crippen molar-refractivity contribution >= 4 is 39.6 Å². The van der Waals surface area contributed by atoms with E-state index in [1.54, 1.807) is 18.2 Å². The van der Waals surface area contributed by atoms with E-state index in [-0.39, 0.29) is 4.99 Å². The third-order valence-electron chi connectivity index (χ3n) is 3.16. The zero-order valence-corrected chi connectivity index (χ0v) is 12.6. The van der Waals surface area contributed by atoms with Gasteiger partial charge in [-0.1, -0.05) is 54.2 Å². The van der Waals surface area contributed by atoms with Gasteiger partial charge in [0.25, 0.3) is 0 Å². The lowest BCUT2D eigenvalue weighted by atomic mass is 10.1. The number of ether oxygens (including phenoxy) is 1. The normalized spacial score (nSPS) is 10.5. The Kier molecular flexibility index (Phi) is 3.78. The number of halogens is 1. The summed E-state index contributed by atoms with van der Waals surface area (Å²) in [5.74, 6) is 1.28. The molecule has 0 heterocycles. The Labute approximate surface area is 133 Å². The Hall–Kier alpha value is -2.10. The number of nitrogens with two attached hydrogens (primary N) is 1. The number of benzene rings is 3. The van der Waals surface area contributed by atoms with Crippen LogP contribution in [0, 0.1) is 0 Å². The number of thiocarbonyl (C=S) groups is 1. The first-order chi connectivity index (χ1) is 10.1. The Bertz CT molecular complexity index is 832. The molecule has 0 amide bonds. The first-order valence-electron chi connectivity index (χ1n) is 6.39. The standard InChI is InChI=1S/C17H12ClNOS/c18-13-6-8-15(17(19)21)16(10-13)20-14-7-5-11-3-1-2-4-12(11)9-14/h1-10H,(H2,19,21). The minimum absolute atomic E-state index is 0.280. The summed E-state index contributed by atoms with van der Waals surface area (Å²) in [6, 6.07) is 19.2. The van der Waals surface area contributed by atoms with Crippen LogP contribution in [0.1, 0.15) is 5.56 Å². The maximum Gasteiger partial charge on any atom is 0.139 e. The molecule has 0 aliphatic rings. The van der Waals surface area contributed by atoms with Gasteiger partial charge in [-0.2, -0.15) is 0 Å². The molecule has 2 N–H and O–H groups in total. The topological polar surface area (TPSA) is 35.2 Å². The highest BCUT2D eigenvalue weighted by molar-refractivity contribution is 7.80. The summed E-state index contributed by atoms with van der Waals surface area (Å²) in [5, 5.41) is 2.84. The van der Waals surface area contributed by atoms with Crippen LogP contribution in [-0.4, -0.2) is 4.99 Å². The van der Waals surface area contributed by atoms with E-state index in [4.69, 9.17) is 34.3 Å². The molecule has 0 radical (unpaired) electrons. The lowest BCUT2D eigenvalue weighted by molar-refractivity contribution is 0.482. The molecule has 0 spiro atoms. The Morgan fingerprint density at radius 1 is 0.952 bits per heavy atom. The van der Waals surface area contributed by atoms with Crippen molar-refractivity contribution in [3.63, 3.8) is 0 Å². The van der Waals surface area contributed by atoms with Crippen molar-refractivity contribution < 1.29 is 4.74 Å². The second kappa shape index (κ2) is 5.72. The highest BCUT2D eigenvalue weighted by atomic mass is 35.5. The predicted octanol–water partition coefficient (Wildman–Crippen LogP) is 4.92. The molecule has 21 heavy (non-hydrogen) atoms. The third-order valence-corrected chi connectivity index (χ3v) is 3.61. The van der Waals surface area contributed by atoms with Crippen LogP contribution in [0.3, 0.4) is 0 Å². The molecule has 0 bridgehead atoms. The summed E-state index contributed by atoms with van der Waals surface area (Å²) in [7, 11) is 0. The molecule has 0 saturated heterocycles. The number of hydrogen-bond donors (Lipinski definition) is 1. The molecule has 0 aliphatic heterocycles. The molecule has 0 unspecified atom stereocenters. The van der Waals surface area contributed by atoms with E-state index in [0.717, 1.165) is 10.8 Å². The van der Waals surface area contributed by atoms with Crippen LogP contribution in [0.5, 0.6) is 11.5 Å². The molecule has 0 aliphatic carbocycles. The second-order valence-electron chi connectivity index (χ2n) is 4.62. The summed E-state index contributed by atoms with van der Waals surface area (Å²) in [6.07, 6.45) is 0. The highest BCUT2D eigenvalue weighted by Crippen LogP contribution is 2.30. The predicted molar refractivity (Wildman–Crippen MR) is 91.4 cm³/mol. The van der Waals surface area contributed by atoms with Gasteiger partial charge < -0.3 is 10.5 Å². The Morgan fingerprint density at radius 3 is 2.48 bits per heavy atom. The van der Waals surface area contributed by atoms with E-state index in [1.165, 1.54) is 0 Å². The van der Waals surface area contributed by atoms with E-state index in [9.17, 15) is 0 Å². The maximum absolute atomic E-state index is 6.02. The Balaban J connectivity index is 2.02. The van der Waals surface area contributed by atoms with Gasteiger partial charge in [-0.25, -0.2) is 0 Å². The summed E-state index contributed by atoms with van der Waals surface area (Å²) in [5.41, 5.74) is 6.39. The molecule has 3 rings (SSSR count). The molecule has 4 heteroatoms. The van der Waals surface area contributed by atoms with Crippen LogP contribution in [-0.2, 0) is 0 Å². The van der Waals surface area contributed by atoms with Gasteiger partial charge in [0.1, 0.15) is 16.5 Å². The van der Waals surface area contributed by atoms with E-state index >= 15 is 0 Å². The molecule has 3 aromatic carbocycles. The van der Waals surface area contributed by atoms with Crippen molar-refractivity contribution in [2.45, 2.75) is 0 Å². The number of fused-ring (bicyclic) bond motifs is 1. The number of rotatable bonds is 3. The highest BCUT2D eigenvalue weighted by Gasteiger charge is 2.09. The van der Waals surface area contributed by atoms with Crippen molar-refractivity contribution in [1.29, 1.82) is 0 Å². The van der Waals surface area contributed by atoms with Crippen LogP contribution in [0.15, 0.2) is 60.7 Å². The molecule has 3 aromatic rings. The van der Waals surface area contributed by atoms with Crippen molar-refractivity contribution in [2.24, 2.45) is 5.73 Å². The summed E-state index contributed by atoms with van der Waals surface area (Å²) in [4.78, 5) is 0.280. The fourth-order valence-corrected chi connectivity index (χ4v) is 2.47. The zero-order chi connectivity index (χ0) is 14.8. The second-order valence-corrected chi connectivity index (χ2v) is 5.49. The van der Waals surface area contributed by atoms with Crippen molar-refractivity contribution in [3.05, 3.63) is 71.2 Å². The van der Waals surface area contributed by atoms with Crippen LogP contribution < -0.4 is 10.5 Å². The SMILES string of the molecule is NC(=S)c1ccc(Cl)cc1Oc1ccc2ccccc2c1. The smallest absolute Gasteiger partial charge is 0.139 e. The lowest BCUT2D eigenvalue weighted by Crippen LogP contribution is -2.10. The van der Waals surface area contributed by atoms with Gasteiger partial charge in [-0.05, 0) is 35.0 Å². The quantitative estimate of drug-likeness (QED) is 0.697. The summed E-state index contributed by atoms with van der Waals surface area (Å²) >= 11 is 11.1. The van der Waals surface area contributed by atoms with Gasteiger partial charge in [0.15, 0.2) is 0 Å². The van der Waals surface area contributed by atoms with Gasteiger partial charge in [-0.15, -0.1) is 0 Å². The van der Waals surface area contributed by atoms with Crippen molar-refractivity contribution in [3.8, 4) is 11.5 Å². The monoisotopic (exact) mass is 313 g/mol. The van der Waals surface area contributed by atoms with Gasteiger partial charge in [-0.3, -0.25) is 0 Å². The van der Waals surface area contributed by atoms with E-state index in [2.05, 4.69) is 6.07 Å². The lowest BCUT2D eigenvalue weighted by Gasteiger charge is -2.11. The molecular formula is C17H12ClNOS. The van der Waals surface area contributed by atoms with Crippen LogP contribution in [0.4, 0.5) is 0 Å². The summed E-state index contributed by atoms with van der Waals surface area (Å²) < 4.78 is 5.91. The van der Waals surface area contributed by atoms with E-state index < -0.39 is 0 Å². The van der Waals surface area contributed by atoms with E-state index in [0.29, 0.717) is 22.1 Å². The fraction of sp³-hybridized carbons (Fsp3) is 0. The van der Waals surface area contributed by atoms with E-state index in [1.807, 2.05) is 36.4 Å². The average molecular weight is 314 g/mol. The summed E-state index contributed by atoms with van der Waals surface area (Å²) in [6.45, 7) is 0. The maximum atomic E-state index is 6.02. The van der Waals surface area contributed by atoms with Crippen LogP contribution in [0.2, 0.25) is 5.02 Å². The van der Waals surface area contributed by atoms with Crippen molar-refractivity contribution in [1.82, 2.24) is 0 Å². The van der Waals surface area contributed by atoms with Gasteiger partial charge in [0, 0.05) is 11.1 Å². The molecule has 0 aromatic heterocycles. The van der Waals surface area contributed by atoms with Gasteiger partial charge in [0.2, 0.25) is 0 Å². The van der Waals surface area contributed by atoms with Gasteiger partial charge >= 0.3 is 0 Å². The Morgan fingerprint density at radius 2 is 1.71 bits per heavy atom. The molecule has 0 fully saturated rings. The number of hydrogen-bond acceptors (Lipinski definition) is 2. The third kappa shape index (κ3) is 2.99. The molecule has 104 valence electrons.